The molecule has 0 aromatic heterocycles. The van der Waals surface area contributed by atoms with E-state index < -0.39 is 29.5 Å². The van der Waals surface area contributed by atoms with Gasteiger partial charge < -0.3 is 15.2 Å². The van der Waals surface area contributed by atoms with Gasteiger partial charge in [0.1, 0.15) is 12.2 Å². The first kappa shape index (κ1) is 20.6. The highest BCUT2D eigenvalue weighted by molar-refractivity contribution is 5.90. The van der Waals surface area contributed by atoms with Crippen LogP contribution < -0.4 is 5.73 Å². The zero-order valence-corrected chi connectivity index (χ0v) is 16.8. The first-order valence-corrected chi connectivity index (χ1v) is 9.41. The fourth-order valence-electron chi connectivity index (χ4n) is 3.39. The normalized spacial score (nSPS) is 14.2. The summed E-state index contributed by atoms with van der Waals surface area (Å²) in [5, 5.41) is 9.39. The van der Waals surface area contributed by atoms with Gasteiger partial charge >= 0.3 is 11.9 Å². The molecule has 0 saturated carbocycles. The molecule has 3 rings (SSSR count). The van der Waals surface area contributed by atoms with Crippen LogP contribution in [-0.4, -0.2) is 23.1 Å². The molecule has 0 amide bonds. The number of carbonyl (C=O) groups excluding carboxylic acids is 2. The van der Waals surface area contributed by atoms with Crippen LogP contribution in [0.5, 0.6) is 0 Å². The molecule has 29 heavy (non-hydrogen) atoms. The summed E-state index contributed by atoms with van der Waals surface area (Å²) < 4.78 is 10.5. The van der Waals surface area contributed by atoms with Crippen molar-refractivity contribution in [1.82, 2.24) is 0 Å². The molecule has 2 N–H and O–H groups in total. The summed E-state index contributed by atoms with van der Waals surface area (Å²) in [4.78, 5) is 24.5. The summed E-state index contributed by atoms with van der Waals surface area (Å²) in [6.45, 7) is 5.07. The molecule has 6 nitrogen and oxygen atoms in total. The van der Waals surface area contributed by atoms with Gasteiger partial charge in [-0.3, -0.25) is 4.79 Å². The third-order valence-electron chi connectivity index (χ3n) is 4.71. The van der Waals surface area contributed by atoms with Crippen LogP contribution in [0.25, 0.3) is 11.1 Å². The van der Waals surface area contributed by atoms with Gasteiger partial charge in [0, 0.05) is 0 Å². The van der Waals surface area contributed by atoms with Gasteiger partial charge in [0.25, 0.3) is 0 Å². The van der Waals surface area contributed by atoms with Crippen LogP contribution in [0.3, 0.4) is 0 Å². The minimum Gasteiger partial charge on any atom is -0.460 e. The predicted molar refractivity (Wildman–Crippen MR) is 107 cm³/mol. The van der Waals surface area contributed by atoms with Crippen LogP contribution in [-0.2, 0) is 32.1 Å². The maximum absolute atomic E-state index is 12.5. The minimum atomic E-state index is -2.09. The van der Waals surface area contributed by atoms with Crippen LogP contribution >= 0.6 is 0 Å². The highest BCUT2D eigenvalue weighted by Crippen LogP contribution is 2.38. The summed E-state index contributed by atoms with van der Waals surface area (Å²) in [5.41, 5.74) is 8.48. The molecule has 0 fully saturated rings. The molecular formula is C23H24N2O4. The highest BCUT2D eigenvalue weighted by atomic mass is 16.6. The number of hydrogen-bond acceptors (Lipinski definition) is 6. The second-order valence-corrected chi connectivity index (χ2v) is 8.20. The third kappa shape index (κ3) is 4.47. The third-order valence-corrected chi connectivity index (χ3v) is 4.71. The summed E-state index contributed by atoms with van der Waals surface area (Å²) in [6, 6.07) is 15.7. The average molecular weight is 392 g/mol. The number of rotatable bonds is 5. The number of nitrogens with zero attached hydrogens (tertiary/aromatic N) is 1. The van der Waals surface area contributed by atoms with Crippen LogP contribution in [0.2, 0.25) is 0 Å². The number of nitriles is 1. The van der Waals surface area contributed by atoms with E-state index in [0.717, 1.165) is 23.1 Å². The molecular weight excluding hydrogens is 368 g/mol. The van der Waals surface area contributed by atoms with E-state index in [2.05, 4.69) is 12.1 Å². The Morgan fingerprint density at radius 1 is 1.10 bits per heavy atom. The minimum absolute atomic E-state index is 0.0229. The van der Waals surface area contributed by atoms with Gasteiger partial charge in [0.15, 0.2) is 0 Å². The summed E-state index contributed by atoms with van der Waals surface area (Å²) >= 11 is 0. The molecule has 1 aliphatic rings. The second-order valence-electron chi connectivity index (χ2n) is 8.20. The number of nitrogens with two attached hydrogens (primary N) is 1. The first-order valence-electron chi connectivity index (χ1n) is 9.41. The average Bonchev–Trinajstić information content (AvgIpc) is 3.03. The Labute approximate surface area is 170 Å². The van der Waals surface area contributed by atoms with Gasteiger partial charge in [0.05, 0.1) is 12.5 Å². The quantitative estimate of drug-likeness (QED) is 0.669. The van der Waals surface area contributed by atoms with Crippen LogP contribution in [0.1, 0.15) is 43.9 Å². The second kappa shape index (κ2) is 7.69. The molecule has 0 heterocycles. The van der Waals surface area contributed by atoms with Gasteiger partial charge in [-0.05, 0) is 55.0 Å². The summed E-state index contributed by atoms with van der Waals surface area (Å²) in [7, 11) is 0. The Bertz CT molecular complexity index is 1000. The van der Waals surface area contributed by atoms with Crippen molar-refractivity contribution in [2.45, 2.75) is 51.4 Å². The number of benzene rings is 2. The molecule has 1 atom stereocenters. The standard InChI is InChI=1S/C23H24N2O4/c1-22(2,3)29-20(26)12-23(25,14-24)21(27)28-13-16-8-6-10-18-17-9-5-4-7-15(17)11-19(16)18/h4-10H,11-13,25H2,1-3H3/t23-/m0/s1. The topological polar surface area (TPSA) is 102 Å². The van der Waals surface area contributed by atoms with Crippen molar-refractivity contribution in [1.29, 1.82) is 5.26 Å². The van der Waals surface area contributed by atoms with Crippen molar-refractivity contribution in [3.05, 3.63) is 59.2 Å². The molecule has 6 heteroatoms. The zero-order valence-electron chi connectivity index (χ0n) is 16.8. The predicted octanol–water partition coefficient (Wildman–Crippen LogP) is 3.25. The number of esters is 2. The lowest BCUT2D eigenvalue weighted by Crippen LogP contribution is -2.50. The zero-order chi connectivity index (χ0) is 21.2. The van der Waals surface area contributed by atoms with E-state index in [-0.39, 0.29) is 6.61 Å². The van der Waals surface area contributed by atoms with E-state index in [4.69, 9.17) is 15.2 Å². The molecule has 0 unspecified atom stereocenters. The number of carbonyl (C=O) groups is 2. The van der Waals surface area contributed by atoms with E-state index in [1.54, 1.807) is 26.8 Å². The number of fused-ring (bicyclic) bond motifs is 3. The molecule has 2 aromatic carbocycles. The number of ether oxygens (including phenoxy) is 2. The van der Waals surface area contributed by atoms with Crippen molar-refractivity contribution >= 4 is 11.9 Å². The molecule has 1 aliphatic carbocycles. The molecule has 0 radical (unpaired) electrons. The van der Waals surface area contributed by atoms with Crippen molar-refractivity contribution in [2.24, 2.45) is 5.73 Å². The largest absolute Gasteiger partial charge is 0.460 e. The van der Waals surface area contributed by atoms with E-state index >= 15 is 0 Å². The monoisotopic (exact) mass is 392 g/mol. The van der Waals surface area contributed by atoms with Gasteiger partial charge in [-0.1, -0.05) is 42.5 Å². The van der Waals surface area contributed by atoms with Crippen LogP contribution in [0.15, 0.2) is 42.5 Å². The van der Waals surface area contributed by atoms with Crippen molar-refractivity contribution in [3.63, 3.8) is 0 Å². The fraction of sp³-hybridized carbons (Fsp3) is 0.348. The van der Waals surface area contributed by atoms with Crippen molar-refractivity contribution < 1.29 is 19.1 Å². The van der Waals surface area contributed by atoms with Crippen LogP contribution in [0, 0.1) is 11.3 Å². The van der Waals surface area contributed by atoms with E-state index in [9.17, 15) is 14.9 Å². The molecule has 150 valence electrons. The van der Waals surface area contributed by atoms with E-state index in [0.29, 0.717) is 0 Å². The van der Waals surface area contributed by atoms with Gasteiger partial charge in [-0.2, -0.15) is 5.26 Å². The van der Waals surface area contributed by atoms with Crippen molar-refractivity contribution in [3.8, 4) is 17.2 Å². The van der Waals surface area contributed by atoms with Gasteiger partial charge in [-0.15, -0.1) is 0 Å². The van der Waals surface area contributed by atoms with E-state index in [1.165, 1.54) is 11.1 Å². The fourth-order valence-corrected chi connectivity index (χ4v) is 3.39. The molecule has 0 spiro atoms. The Kier molecular flexibility index (Phi) is 5.45. The molecule has 2 aromatic rings. The van der Waals surface area contributed by atoms with Gasteiger partial charge in [0.2, 0.25) is 5.54 Å². The Morgan fingerprint density at radius 3 is 2.48 bits per heavy atom. The van der Waals surface area contributed by atoms with Crippen molar-refractivity contribution in [2.75, 3.05) is 0 Å². The lowest BCUT2D eigenvalue weighted by atomic mass is 9.98. The Hall–Kier alpha value is -3.17. The number of hydrogen-bond donors (Lipinski definition) is 1. The maximum Gasteiger partial charge on any atom is 0.341 e. The Morgan fingerprint density at radius 2 is 1.79 bits per heavy atom. The van der Waals surface area contributed by atoms with Crippen LogP contribution in [0.4, 0.5) is 0 Å². The molecule has 0 bridgehead atoms. The SMILES string of the molecule is CC(C)(C)OC(=O)C[C@](N)(C#N)C(=O)OCc1cccc2c1Cc1ccccc1-2. The van der Waals surface area contributed by atoms with Gasteiger partial charge in [-0.25, -0.2) is 4.79 Å². The smallest absolute Gasteiger partial charge is 0.341 e. The highest BCUT2D eigenvalue weighted by Gasteiger charge is 2.40. The lowest BCUT2D eigenvalue weighted by molar-refractivity contribution is -0.161. The molecule has 0 aliphatic heterocycles. The van der Waals surface area contributed by atoms with E-state index in [1.807, 2.05) is 30.3 Å². The summed E-state index contributed by atoms with van der Waals surface area (Å²) in [5.74, 6) is -1.67. The molecule has 0 saturated heterocycles. The summed E-state index contributed by atoms with van der Waals surface area (Å²) in [6.07, 6.45) is 0.182. The lowest BCUT2D eigenvalue weighted by Gasteiger charge is -2.23. The Balaban J connectivity index is 1.71. The maximum atomic E-state index is 12.5. The first-order chi connectivity index (χ1) is 13.6.